The molecule has 1 fully saturated rings. The third-order valence-electron chi connectivity index (χ3n) is 4.34. The lowest BCUT2D eigenvalue weighted by Crippen LogP contribution is -2.51. The molecule has 1 aromatic carbocycles. The Morgan fingerprint density at radius 2 is 2.10 bits per heavy atom. The van der Waals surface area contributed by atoms with Crippen LogP contribution in [0.1, 0.15) is 32.8 Å². The normalized spacial score (nSPS) is 20.3. The van der Waals surface area contributed by atoms with Crippen molar-refractivity contribution in [1.29, 1.82) is 0 Å². The molecule has 1 N–H and O–H groups in total. The van der Waals surface area contributed by atoms with E-state index in [9.17, 15) is 0 Å². The van der Waals surface area contributed by atoms with Gasteiger partial charge in [0, 0.05) is 38.3 Å². The summed E-state index contributed by atoms with van der Waals surface area (Å²) in [5, 5.41) is 4.38. The molecule has 2 rings (SSSR count). The SMILES string of the molecule is CCC1CN(c2c(Cl)cccc2CNC(C)C)CCN1C. The molecular formula is C17H28ClN3. The molecule has 0 saturated carbocycles. The van der Waals surface area contributed by atoms with Crippen LogP contribution in [-0.2, 0) is 6.54 Å². The van der Waals surface area contributed by atoms with Crippen molar-refractivity contribution in [2.75, 3.05) is 31.6 Å². The van der Waals surface area contributed by atoms with E-state index in [2.05, 4.69) is 55.1 Å². The van der Waals surface area contributed by atoms with Crippen molar-refractivity contribution >= 4 is 17.3 Å². The third-order valence-corrected chi connectivity index (χ3v) is 4.64. The Bertz CT molecular complexity index is 461. The smallest absolute Gasteiger partial charge is 0.0642 e. The van der Waals surface area contributed by atoms with Gasteiger partial charge in [-0.1, -0.05) is 44.5 Å². The van der Waals surface area contributed by atoms with Crippen LogP contribution in [0, 0.1) is 0 Å². The van der Waals surface area contributed by atoms with Crippen molar-refractivity contribution in [2.24, 2.45) is 0 Å². The fourth-order valence-electron chi connectivity index (χ4n) is 2.96. The van der Waals surface area contributed by atoms with Gasteiger partial charge in [-0.2, -0.15) is 0 Å². The van der Waals surface area contributed by atoms with Gasteiger partial charge in [0.05, 0.1) is 10.7 Å². The van der Waals surface area contributed by atoms with E-state index in [1.54, 1.807) is 0 Å². The second-order valence-corrected chi connectivity index (χ2v) is 6.68. The lowest BCUT2D eigenvalue weighted by atomic mass is 10.1. The second-order valence-electron chi connectivity index (χ2n) is 6.27. The number of halogens is 1. The van der Waals surface area contributed by atoms with Crippen molar-refractivity contribution in [3.63, 3.8) is 0 Å². The Morgan fingerprint density at radius 3 is 2.76 bits per heavy atom. The highest BCUT2D eigenvalue weighted by molar-refractivity contribution is 6.33. The summed E-state index contributed by atoms with van der Waals surface area (Å²) in [6.07, 6.45) is 1.18. The molecule has 1 saturated heterocycles. The largest absolute Gasteiger partial charge is 0.367 e. The molecule has 3 nitrogen and oxygen atoms in total. The van der Waals surface area contributed by atoms with Gasteiger partial charge in [0.2, 0.25) is 0 Å². The van der Waals surface area contributed by atoms with Crippen LogP contribution in [0.25, 0.3) is 0 Å². The lowest BCUT2D eigenvalue weighted by molar-refractivity contribution is 0.213. The van der Waals surface area contributed by atoms with E-state index in [1.807, 2.05) is 6.07 Å². The predicted molar refractivity (Wildman–Crippen MR) is 92.3 cm³/mol. The third kappa shape index (κ3) is 4.12. The first-order chi connectivity index (χ1) is 10.0. The maximum Gasteiger partial charge on any atom is 0.0642 e. The summed E-state index contributed by atoms with van der Waals surface area (Å²) in [6.45, 7) is 10.7. The zero-order valence-electron chi connectivity index (χ0n) is 13.7. The number of likely N-dealkylation sites (N-methyl/N-ethyl adjacent to an activating group) is 1. The van der Waals surface area contributed by atoms with Gasteiger partial charge in [-0.3, -0.25) is 4.90 Å². The van der Waals surface area contributed by atoms with Gasteiger partial charge in [0.15, 0.2) is 0 Å². The van der Waals surface area contributed by atoms with Crippen LogP contribution >= 0.6 is 11.6 Å². The van der Waals surface area contributed by atoms with Crippen molar-refractivity contribution < 1.29 is 0 Å². The minimum Gasteiger partial charge on any atom is -0.367 e. The summed E-state index contributed by atoms with van der Waals surface area (Å²) >= 11 is 6.52. The summed E-state index contributed by atoms with van der Waals surface area (Å²) in [5.41, 5.74) is 2.52. The molecule has 1 aliphatic rings. The first-order valence-electron chi connectivity index (χ1n) is 7.98. The van der Waals surface area contributed by atoms with Gasteiger partial charge in [0.25, 0.3) is 0 Å². The summed E-state index contributed by atoms with van der Waals surface area (Å²) in [6, 6.07) is 7.34. The molecule has 0 amide bonds. The van der Waals surface area contributed by atoms with E-state index < -0.39 is 0 Å². The number of nitrogens with zero attached hydrogens (tertiary/aromatic N) is 2. The summed E-state index contributed by atoms with van der Waals surface area (Å²) in [5.74, 6) is 0. The highest BCUT2D eigenvalue weighted by Crippen LogP contribution is 2.32. The summed E-state index contributed by atoms with van der Waals surface area (Å²) in [4.78, 5) is 4.92. The van der Waals surface area contributed by atoms with Gasteiger partial charge >= 0.3 is 0 Å². The second kappa shape index (κ2) is 7.48. The molecule has 0 radical (unpaired) electrons. The summed E-state index contributed by atoms with van der Waals surface area (Å²) in [7, 11) is 2.22. The molecule has 0 aliphatic carbocycles. The van der Waals surface area contributed by atoms with Crippen LogP contribution < -0.4 is 10.2 Å². The minimum atomic E-state index is 0.479. The van der Waals surface area contributed by atoms with E-state index in [0.29, 0.717) is 12.1 Å². The van der Waals surface area contributed by atoms with E-state index >= 15 is 0 Å². The van der Waals surface area contributed by atoms with Crippen LogP contribution in [0.3, 0.4) is 0 Å². The molecule has 1 aliphatic heterocycles. The number of hydrogen-bond donors (Lipinski definition) is 1. The zero-order valence-corrected chi connectivity index (χ0v) is 14.5. The van der Waals surface area contributed by atoms with Crippen LogP contribution in [0.2, 0.25) is 5.02 Å². The van der Waals surface area contributed by atoms with Gasteiger partial charge in [-0.05, 0) is 25.1 Å². The zero-order chi connectivity index (χ0) is 15.4. The van der Waals surface area contributed by atoms with Crippen LogP contribution in [0.4, 0.5) is 5.69 Å². The van der Waals surface area contributed by atoms with E-state index in [0.717, 1.165) is 31.2 Å². The van der Waals surface area contributed by atoms with E-state index in [-0.39, 0.29) is 0 Å². The van der Waals surface area contributed by atoms with Crippen LogP contribution in [-0.4, -0.2) is 43.7 Å². The predicted octanol–water partition coefficient (Wildman–Crippen LogP) is 3.37. The molecule has 1 heterocycles. The van der Waals surface area contributed by atoms with Gasteiger partial charge in [0.1, 0.15) is 0 Å². The lowest BCUT2D eigenvalue weighted by Gasteiger charge is -2.41. The van der Waals surface area contributed by atoms with E-state index in [4.69, 9.17) is 11.6 Å². The Kier molecular flexibility index (Phi) is 5.91. The maximum atomic E-state index is 6.52. The number of nitrogens with one attached hydrogen (secondary N) is 1. The molecule has 118 valence electrons. The first kappa shape index (κ1) is 16.6. The fourth-order valence-corrected chi connectivity index (χ4v) is 3.27. The molecule has 4 heteroatoms. The highest BCUT2D eigenvalue weighted by atomic mass is 35.5. The Labute approximate surface area is 134 Å². The Balaban J connectivity index is 2.21. The number of hydrogen-bond acceptors (Lipinski definition) is 3. The average Bonchev–Trinajstić information content (AvgIpc) is 2.46. The number of rotatable bonds is 5. The quantitative estimate of drug-likeness (QED) is 0.899. The minimum absolute atomic E-state index is 0.479. The average molecular weight is 310 g/mol. The Hall–Kier alpha value is -0.770. The first-order valence-corrected chi connectivity index (χ1v) is 8.36. The molecule has 0 aromatic heterocycles. The van der Waals surface area contributed by atoms with Gasteiger partial charge in [-0.15, -0.1) is 0 Å². The molecule has 1 unspecified atom stereocenters. The molecular weight excluding hydrogens is 282 g/mol. The monoisotopic (exact) mass is 309 g/mol. The molecule has 1 aromatic rings. The van der Waals surface area contributed by atoms with Crippen molar-refractivity contribution in [2.45, 2.75) is 45.8 Å². The van der Waals surface area contributed by atoms with Gasteiger partial charge in [-0.25, -0.2) is 0 Å². The number of piperazine rings is 1. The number of benzene rings is 1. The molecule has 1 atom stereocenters. The standard InChI is InChI=1S/C17H28ClN3/c1-5-15-12-21(10-9-20(15)4)17-14(11-19-13(2)3)7-6-8-16(17)18/h6-8,13,15,19H,5,9-12H2,1-4H3. The molecule has 21 heavy (non-hydrogen) atoms. The van der Waals surface area contributed by atoms with Crippen molar-refractivity contribution in [3.8, 4) is 0 Å². The topological polar surface area (TPSA) is 18.5 Å². The van der Waals surface area contributed by atoms with Crippen LogP contribution in [0.15, 0.2) is 18.2 Å². The Morgan fingerprint density at radius 1 is 1.33 bits per heavy atom. The molecule has 0 bridgehead atoms. The van der Waals surface area contributed by atoms with Crippen molar-refractivity contribution in [3.05, 3.63) is 28.8 Å². The van der Waals surface area contributed by atoms with Gasteiger partial charge < -0.3 is 10.2 Å². The maximum absolute atomic E-state index is 6.52. The highest BCUT2D eigenvalue weighted by Gasteiger charge is 2.25. The van der Waals surface area contributed by atoms with E-state index in [1.165, 1.54) is 17.7 Å². The number of anilines is 1. The molecule has 0 spiro atoms. The fraction of sp³-hybridized carbons (Fsp3) is 0.647. The van der Waals surface area contributed by atoms with Crippen LogP contribution in [0.5, 0.6) is 0 Å². The summed E-state index contributed by atoms with van der Waals surface area (Å²) < 4.78 is 0. The number of para-hydroxylation sites is 1. The van der Waals surface area contributed by atoms with Crippen molar-refractivity contribution in [1.82, 2.24) is 10.2 Å².